The van der Waals surface area contributed by atoms with Gasteiger partial charge in [-0.1, -0.05) is 0 Å². The number of sulfone groups is 1. The molecular weight excluding hydrogens is 236 g/mol. The fourth-order valence-electron chi connectivity index (χ4n) is 2.05. The lowest BCUT2D eigenvalue weighted by Crippen LogP contribution is -2.37. The van der Waals surface area contributed by atoms with Crippen molar-refractivity contribution in [1.82, 2.24) is 10.3 Å². The molecule has 2 heterocycles. The van der Waals surface area contributed by atoms with E-state index in [-0.39, 0.29) is 0 Å². The topological polar surface area (TPSA) is 59.1 Å². The molecule has 0 saturated carbocycles. The van der Waals surface area contributed by atoms with Gasteiger partial charge in [-0.15, -0.1) is 0 Å². The minimum absolute atomic E-state index is 0.319. The van der Waals surface area contributed by atoms with Crippen LogP contribution in [0.4, 0.5) is 0 Å². The first kappa shape index (κ1) is 12.5. The second-order valence-corrected chi connectivity index (χ2v) is 6.91. The minimum Gasteiger partial charge on any atom is -0.310 e. The number of hydrogen-bond donors (Lipinski definition) is 1. The Morgan fingerprint density at radius 2 is 2.12 bits per heavy atom. The molecule has 17 heavy (non-hydrogen) atoms. The van der Waals surface area contributed by atoms with E-state index < -0.39 is 9.84 Å². The first-order chi connectivity index (χ1) is 8.07. The third-order valence-corrected chi connectivity index (χ3v) is 4.99. The van der Waals surface area contributed by atoms with Gasteiger partial charge in [0.15, 0.2) is 0 Å². The van der Waals surface area contributed by atoms with E-state index in [2.05, 4.69) is 10.3 Å². The zero-order valence-electron chi connectivity index (χ0n) is 10.0. The third kappa shape index (κ3) is 3.51. The van der Waals surface area contributed by atoms with Crippen molar-refractivity contribution in [3.05, 3.63) is 29.6 Å². The molecule has 0 aliphatic carbocycles. The molecule has 0 spiro atoms. The molecular formula is C12H18N2O2S. The van der Waals surface area contributed by atoms with Crippen LogP contribution in [0.3, 0.4) is 0 Å². The number of hydrogen-bond acceptors (Lipinski definition) is 4. The Bertz CT molecular complexity index is 471. The lowest BCUT2D eigenvalue weighted by atomic mass is 10.1. The molecule has 1 aliphatic heterocycles. The lowest BCUT2D eigenvalue weighted by Gasteiger charge is -2.23. The molecule has 5 heteroatoms. The lowest BCUT2D eigenvalue weighted by molar-refractivity contribution is 0.462. The summed E-state index contributed by atoms with van der Waals surface area (Å²) in [6.45, 7) is 2.83. The van der Waals surface area contributed by atoms with E-state index in [1.54, 1.807) is 6.20 Å². The molecule has 1 fully saturated rings. The van der Waals surface area contributed by atoms with Crippen LogP contribution in [0.25, 0.3) is 0 Å². The SMILES string of the molecule is Cc1cnccc1CNC1CCS(=O)(=O)CC1. The summed E-state index contributed by atoms with van der Waals surface area (Å²) in [7, 11) is -2.76. The molecule has 0 unspecified atom stereocenters. The number of pyridine rings is 1. The maximum absolute atomic E-state index is 11.3. The van der Waals surface area contributed by atoms with Crippen LogP contribution in [0.5, 0.6) is 0 Å². The quantitative estimate of drug-likeness (QED) is 0.876. The predicted octanol–water partition coefficient (Wildman–Crippen LogP) is 1.06. The average Bonchev–Trinajstić information content (AvgIpc) is 2.30. The van der Waals surface area contributed by atoms with Gasteiger partial charge >= 0.3 is 0 Å². The monoisotopic (exact) mass is 254 g/mol. The van der Waals surface area contributed by atoms with Gasteiger partial charge in [-0.2, -0.15) is 0 Å². The van der Waals surface area contributed by atoms with Gasteiger partial charge in [0, 0.05) is 25.0 Å². The normalized spacial score (nSPS) is 20.3. The van der Waals surface area contributed by atoms with E-state index in [1.165, 1.54) is 11.1 Å². The molecule has 2 rings (SSSR count). The molecule has 0 radical (unpaired) electrons. The second kappa shape index (κ2) is 5.14. The zero-order chi connectivity index (χ0) is 12.3. The van der Waals surface area contributed by atoms with Gasteiger partial charge in [-0.05, 0) is 37.0 Å². The Hall–Kier alpha value is -0.940. The summed E-state index contributed by atoms with van der Waals surface area (Å²) in [5.41, 5.74) is 2.40. The van der Waals surface area contributed by atoms with E-state index in [1.807, 2.05) is 19.2 Å². The third-order valence-electron chi connectivity index (χ3n) is 3.27. The Balaban J connectivity index is 1.86. The number of nitrogens with zero attached hydrogens (tertiary/aromatic N) is 1. The first-order valence-electron chi connectivity index (χ1n) is 5.90. The van der Waals surface area contributed by atoms with Crippen molar-refractivity contribution >= 4 is 9.84 Å². The van der Waals surface area contributed by atoms with E-state index >= 15 is 0 Å². The summed E-state index contributed by atoms with van der Waals surface area (Å²) in [6.07, 6.45) is 5.09. The van der Waals surface area contributed by atoms with Gasteiger partial charge in [-0.3, -0.25) is 4.98 Å². The largest absolute Gasteiger partial charge is 0.310 e. The maximum Gasteiger partial charge on any atom is 0.150 e. The molecule has 1 N–H and O–H groups in total. The fraction of sp³-hybridized carbons (Fsp3) is 0.583. The van der Waals surface area contributed by atoms with Gasteiger partial charge in [-0.25, -0.2) is 8.42 Å². The highest BCUT2D eigenvalue weighted by Gasteiger charge is 2.22. The summed E-state index contributed by atoms with van der Waals surface area (Å²) in [5, 5.41) is 3.42. The van der Waals surface area contributed by atoms with Crippen molar-refractivity contribution in [2.45, 2.75) is 32.4 Å². The smallest absolute Gasteiger partial charge is 0.150 e. The van der Waals surface area contributed by atoms with E-state index in [9.17, 15) is 8.42 Å². The highest BCUT2D eigenvalue weighted by Crippen LogP contribution is 2.13. The molecule has 1 aromatic rings. The van der Waals surface area contributed by atoms with Gasteiger partial charge in [0.1, 0.15) is 9.84 Å². The van der Waals surface area contributed by atoms with Gasteiger partial charge in [0.2, 0.25) is 0 Å². The van der Waals surface area contributed by atoms with Crippen LogP contribution < -0.4 is 5.32 Å². The predicted molar refractivity (Wildman–Crippen MR) is 67.5 cm³/mol. The van der Waals surface area contributed by atoms with Crippen LogP contribution in [0.15, 0.2) is 18.5 Å². The summed E-state index contributed by atoms with van der Waals surface area (Å²) in [6, 6.07) is 2.33. The van der Waals surface area contributed by atoms with Gasteiger partial charge < -0.3 is 5.32 Å². The van der Waals surface area contributed by atoms with E-state index in [0.29, 0.717) is 17.5 Å². The molecule has 4 nitrogen and oxygen atoms in total. The second-order valence-electron chi connectivity index (χ2n) is 4.61. The van der Waals surface area contributed by atoms with Crippen LogP contribution in [0.2, 0.25) is 0 Å². The summed E-state index contributed by atoms with van der Waals surface area (Å²) < 4.78 is 22.6. The molecule has 94 valence electrons. The minimum atomic E-state index is -2.76. The Morgan fingerprint density at radius 1 is 1.41 bits per heavy atom. The summed E-state index contributed by atoms with van der Waals surface area (Å²) in [5.74, 6) is 0.639. The molecule has 0 bridgehead atoms. The van der Waals surface area contributed by atoms with Crippen LogP contribution in [0, 0.1) is 6.92 Å². The van der Waals surface area contributed by atoms with Crippen molar-refractivity contribution in [2.75, 3.05) is 11.5 Å². The zero-order valence-corrected chi connectivity index (χ0v) is 10.8. The molecule has 0 atom stereocenters. The summed E-state index contributed by atoms with van der Waals surface area (Å²) in [4.78, 5) is 4.05. The molecule has 1 aliphatic rings. The number of aromatic nitrogens is 1. The van der Waals surface area contributed by atoms with Crippen LogP contribution >= 0.6 is 0 Å². The first-order valence-corrected chi connectivity index (χ1v) is 7.72. The van der Waals surface area contributed by atoms with E-state index in [4.69, 9.17) is 0 Å². The van der Waals surface area contributed by atoms with Crippen molar-refractivity contribution < 1.29 is 8.42 Å². The Kier molecular flexibility index (Phi) is 3.79. The van der Waals surface area contributed by atoms with Crippen molar-refractivity contribution in [1.29, 1.82) is 0 Å². The number of aryl methyl sites for hydroxylation is 1. The summed E-state index contributed by atoms with van der Waals surface area (Å²) >= 11 is 0. The van der Waals surface area contributed by atoms with Crippen molar-refractivity contribution in [3.8, 4) is 0 Å². The Morgan fingerprint density at radius 3 is 2.76 bits per heavy atom. The van der Waals surface area contributed by atoms with Crippen LogP contribution in [-0.2, 0) is 16.4 Å². The molecule has 0 aromatic carbocycles. The van der Waals surface area contributed by atoms with Crippen molar-refractivity contribution in [2.24, 2.45) is 0 Å². The molecule has 1 saturated heterocycles. The average molecular weight is 254 g/mol. The van der Waals surface area contributed by atoms with Crippen LogP contribution in [-0.4, -0.2) is 30.9 Å². The fourth-order valence-corrected chi connectivity index (χ4v) is 3.54. The van der Waals surface area contributed by atoms with Gasteiger partial charge in [0.05, 0.1) is 11.5 Å². The van der Waals surface area contributed by atoms with Crippen molar-refractivity contribution in [3.63, 3.8) is 0 Å². The van der Waals surface area contributed by atoms with Gasteiger partial charge in [0.25, 0.3) is 0 Å². The standard InChI is InChI=1S/C12H18N2O2S/c1-10-8-13-5-2-11(10)9-14-12-3-6-17(15,16)7-4-12/h2,5,8,12,14H,3-4,6-7,9H2,1H3. The Labute approximate surface area is 102 Å². The van der Waals surface area contributed by atoms with E-state index in [0.717, 1.165) is 19.4 Å². The van der Waals surface area contributed by atoms with Crippen LogP contribution in [0.1, 0.15) is 24.0 Å². The highest BCUT2D eigenvalue weighted by atomic mass is 32.2. The highest BCUT2D eigenvalue weighted by molar-refractivity contribution is 7.91. The molecule has 0 amide bonds. The molecule has 1 aromatic heterocycles. The number of rotatable bonds is 3. The number of nitrogens with one attached hydrogen (secondary N) is 1. The maximum atomic E-state index is 11.3.